The van der Waals surface area contributed by atoms with Gasteiger partial charge in [0, 0.05) is 0 Å². The molecular weight excluding hydrogens is 300 g/mol. The largest absolute Gasteiger partial charge is 0.0654 e. The van der Waals surface area contributed by atoms with Gasteiger partial charge in [0.15, 0.2) is 0 Å². The van der Waals surface area contributed by atoms with Crippen LogP contribution in [0.25, 0.3) is 21.9 Å². The molecular formula is C25H28. The summed E-state index contributed by atoms with van der Waals surface area (Å²) < 4.78 is 0. The van der Waals surface area contributed by atoms with Crippen molar-refractivity contribution in [2.24, 2.45) is 0 Å². The van der Waals surface area contributed by atoms with Gasteiger partial charge in [-0.15, -0.1) is 0 Å². The molecule has 0 spiro atoms. The third kappa shape index (κ3) is 4.20. The Morgan fingerprint density at radius 2 is 1.32 bits per heavy atom. The molecule has 0 saturated carbocycles. The van der Waals surface area contributed by atoms with E-state index in [0.29, 0.717) is 0 Å². The maximum Gasteiger partial charge on any atom is -0.0178 e. The van der Waals surface area contributed by atoms with Crippen LogP contribution in [0.15, 0.2) is 66.7 Å². The molecule has 0 N–H and O–H groups in total. The molecule has 0 aliphatic rings. The van der Waals surface area contributed by atoms with Crippen molar-refractivity contribution >= 4 is 21.9 Å². The molecule has 0 saturated heterocycles. The van der Waals surface area contributed by atoms with Crippen molar-refractivity contribution < 1.29 is 0 Å². The van der Waals surface area contributed by atoms with Gasteiger partial charge in [0.2, 0.25) is 0 Å². The first-order chi connectivity index (χ1) is 12.2. The lowest BCUT2D eigenvalue weighted by atomic mass is 9.94. The third-order valence-electron chi connectivity index (χ3n) is 5.20. The van der Waals surface area contributed by atoms with E-state index in [1.807, 2.05) is 0 Å². The number of aryl methyl sites for hydroxylation is 1. The Labute approximate surface area is 152 Å². The second-order valence-electron chi connectivity index (χ2n) is 6.97. The molecule has 0 radical (unpaired) electrons. The molecule has 0 heteroatoms. The van der Waals surface area contributed by atoms with E-state index in [1.165, 1.54) is 64.3 Å². The van der Waals surface area contributed by atoms with Gasteiger partial charge in [0.25, 0.3) is 0 Å². The number of rotatable bonds is 6. The highest BCUT2D eigenvalue weighted by atomic mass is 14.1. The zero-order valence-electron chi connectivity index (χ0n) is 15.7. The minimum absolute atomic E-state index is 1.19. The molecule has 0 nitrogen and oxygen atoms in total. The van der Waals surface area contributed by atoms with Crippen molar-refractivity contribution in [1.82, 2.24) is 0 Å². The van der Waals surface area contributed by atoms with Crippen LogP contribution in [0.4, 0.5) is 0 Å². The SMILES string of the molecule is CCCCCc1ccc(C(C)=C(C)c2ccc3ccccc3c2)cc1. The van der Waals surface area contributed by atoms with E-state index in [0.717, 1.165) is 0 Å². The molecule has 0 heterocycles. The molecule has 3 rings (SSSR count). The van der Waals surface area contributed by atoms with E-state index in [2.05, 4.69) is 87.5 Å². The number of fused-ring (bicyclic) bond motifs is 1. The number of allylic oxidation sites excluding steroid dienone is 2. The minimum Gasteiger partial charge on any atom is -0.0654 e. The summed E-state index contributed by atoms with van der Waals surface area (Å²) in [5, 5.41) is 2.60. The van der Waals surface area contributed by atoms with Gasteiger partial charge in [0.05, 0.1) is 0 Å². The van der Waals surface area contributed by atoms with Crippen molar-refractivity contribution in [3.8, 4) is 0 Å². The van der Waals surface area contributed by atoms with Crippen molar-refractivity contribution in [2.75, 3.05) is 0 Å². The van der Waals surface area contributed by atoms with Crippen molar-refractivity contribution in [1.29, 1.82) is 0 Å². The summed E-state index contributed by atoms with van der Waals surface area (Å²) in [4.78, 5) is 0. The zero-order chi connectivity index (χ0) is 17.6. The Hall–Kier alpha value is -2.34. The Bertz CT molecular complexity index is 866. The van der Waals surface area contributed by atoms with Gasteiger partial charge in [-0.25, -0.2) is 0 Å². The predicted octanol–water partition coefficient (Wildman–Crippen LogP) is 7.52. The van der Waals surface area contributed by atoms with Gasteiger partial charge in [0.1, 0.15) is 0 Å². The summed E-state index contributed by atoms with van der Waals surface area (Å²) in [6.07, 6.45) is 5.09. The fourth-order valence-corrected chi connectivity index (χ4v) is 3.36. The van der Waals surface area contributed by atoms with E-state index in [4.69, 9.17) is 0 Å². The van der Waals surface area contributed by atoms with Crippen molar-refractivity contribution in [3.63, 3.8) is 0 Å². The van der Waals surface area contributed by atoms with Crippen LogP contribution in [0.1, 0.15) is 56.7 Å². The molecule has 3 aromatic carbocycles. The maximum absolute atomic E-state index is 2.30. The summed E-state index contributed by atoms with van der Waals surface area (Å²) >= 11 is 0. The van der Waals surface area contributed by atoms with Gasteiger partial charge in [-0.2, -0.15) is 0 Å². The summed E-state index contributed by atoms with van der Waals surface area (Å²) in [7, 11) is 0. The highest BCUT2D eigenvalue weighted by Gasteiger charge is 2.05. The second-order valence-corrected chi connectivity index (χ2v) is 6.97. The molecule has 25 heavy (non-hydrogen) atoms. The number of benzene rings is 3. The monoisotopic (exact) mass is 328 g/mol. The molecule has 0 aliphatic heterocycles. The smallest absolute Gasteiger partial charge is 0.0178 e. The molecule has 3 aromatic rings. The zero-order valence-corrected chi connectivity index (χ0v) is 15.7. The van der Waals surface area contributed by atoms with E-state index >= 15 is 0 Å². The lowest BCUT2D eigenvalue weighted by Crippen LogP contribution is -1.89. The Morgan fingerprint density at radius 1 is 0.680 bits per heavy atom. The van der Waals surface area contributed by atoms with Gasteiger partial charge in [-0.1, -0.05) is 80.4 Å². The summed E-state index contributed by atoms with van der Waals surface area (Å²) in [6.45, 7) is 6.72. The fraction of sp³-hybridized carbons (Fsp3) is 0.280. The Balaban J connectivity index is 1.84. The molecule has 0 unspecified atom stereocenters. The first-order valence-corrected chi connectivity index (χ1v) is 9.45. The van der Waals surface area contributed by atoms with Crippen LogP contribution in [-0.2, 0) is 6.42 Å². The highest BCUT2D eigenvalue weighted by molar-refractivity contribution is 5.93. The molecule has 0 atom stereocenters. The normalized spacial score (nSPS) is 12.3. The Kier molecular flexibility index (Phi) is 5.71. The van der Waals surface area contributed by atoms with E-state index in [9.17, 15) is 0 Å². The lowest BCUT2D eigenvalue weighted by molar-refractivity contribution is 0.717. The van der Waals surface area contributed by atoms with Crippen molar-refractivity contribution in [3.05, 3.63) is 83.4 Å². The molecule has 0 aliphatic carbocycles. The van der Waals surface area contributed by atoms with E-state index in [1.54, 1.807) is 0 Å². The van der Waals surface area contributed by atoms with Gasteiger partial charge in [-0.3, -0.25) is 0 Å². The van der Waals surface area contributed by atoms with E-state index < -0.39 is 0 Å². The van der Waals surface area contributed by atoms with Crippen molar-refractivity contribution in [2.45, 2.75) is 46.5 Å². The van der Waals surface area contributed by atoms with Crippen LogP contribution >= 0.6 is 0 Å². The van der Waals surface area contributed by atoms with Gasteiger partial charge in [-0.05, 0) is 71.4 Å². The summed E-state index contributed by atoms with van der Waals surface area (Å²) in [5.41, 5.74) is 6.79. The Morgan fingerprint density at radius 3 is 2.04 bits per heavy atom. The first kappa shape index (κ1) is 17.5. The topological polar surface area (TPSA) is 0 Å². The molecule has 0 bridgehead atoms. The maximum atomic E-state index is 2.30. The summed E-state index contributed by atoms with van der Waals surface area (Å²) in [5.74, 6) is 0. The quantitative estimate of drug-likeness (QED) is 0.324. The average molecular weight is 328 g/mol. The second kappa shape index (κ2) is 8.16. The van der Waals surface area contributed by atoms with Crippen LogP contribution < -0.4 is 0 Å². The van der Waals surface area contributed by atoms with Crippen LogP contribution in [0.5, 0.6) is 0 Å². The molecule has 0 fully saturated rings. The number of unbranched alkanes of at least 4 members (excludes halogenated alkanes) is 2. The first-order valence-electron chi connectivity index (χ1n) is 9.45. The molecule has 128 valence electrons. The molecule has 0 aromatic heterocycles. The van der Waals surface area contributed by atoms with Crippen LogP contribution in [0.3, 0.4) is 0 Å². The fourth-order valence-electron chi connectivity index (χ4n) is 3.36. The predicted molar refractivity (Wildman–Crippen MR) is 112 cm³/mol. The third-order valence-corrected chi connectivity index (χ3v) is 5.20. The van der Waals surface area contributed by atoms with Crippen LogP contribution in [0, 0.1) is 0 Å². The van der Waals surface area contributed by atoms with E-state index in [-0.39, 0.29) is 0 Å². The average Bonchev–Trinajstić information content (AvgIpc) is 2.67. The summed E-state index contributed by atoms with van der Waals surface area (Å²) in [6, 6.07) is 24.5. The minimum atomic E-state index is 1.19. The lowest BCUT2D eigenvalue weighted by Gasteiger charge is -2.11. The van der Waals surface area contributed by atoms with Crippen LogP contribution in [0.2, 0.25) is 0 Å². The standard InChI is InChI=1S/C25H28/c1-4-5-6-9-21-12-14-22(15-13-21)19(2)20(3)24-17-16-23-10-7-8-11-25(23)18-24/h7-8,10-18H,4-6,9H2,1-3H3. The number of hydrogen-bond acceptors (Lipinski definition) is 0. The van der Waals surface area contributed by atoms with Gasteiger partial charge >= 0.3 is 0 Å². The van der Waals surface area contributed by atoms with Gasteiger partial charge < -0.3 is 0 Å². The number of hydrogen-bond donors (Lipinski definition) is 0. The molecule has 0 amide bonds. The highest BCUT2D eigenvalue weighted by Crippen LogP contribution is 2.28. The van der Waals surface area contributed by atoms with Crippen LogP contribution in [-0.4, -0.2) is 0 Å².